The van der Waals surface area contributed by atoms with E-state index in [-0.39, 0.29) is 31.6 Å². The number of ether oxygens (including phenoxy) is 2. The number of hydrogen-bond donors (Lipinski definition) is 2. The molecule has 0 fully saturated rings. The summed E-state index contributed by atoms with van der Waals surface area (Å²) in [6, 6.07) is 23.9. The van der Waals surface area contributed by atoms with Gasteiger partial charge in [0.25, 0.3) is 0 Å². The SMILES string of the molecule is CC.Cc1ccc(Oc2ccc(CN(C)C)cc2)c(C)c1.Cc1cccc(NC(=O)Cc2ccc(C(F)(F)F)cc2)c1OCCCN(C=O)[C@@H](C)CO. The second-order valence-corrected chi connectivity index (χ2v) is 12.7. The van der Waals surface area contributed by atoms with Gasteiger partial charge in [0.15, 0.2) is 0 Å². The molecule has 0 saturated heterocycles. The van der Waals surface area contributed by atoms with Crippen molar-refractivity contribution in [1.29, 1.82) is 0 Å². The quantitative estimate of drug-likeness (QED) is 0.0936. The molecule has 0 radical (unpaired) electrons. The molecule has 0 aromatic heterocycles. The molecule has 0 aliphatic rings. The second-order valence-electron chi connectivity index (χ2n) is 12.7. The number of hydrogen-bond acceptors (Lipinski definition) is 6. The van der Waals surface area contributed by atoms with Crippen LogP contribution in [0.3, 0.4) is 0 Å². The van der Waals surface area contributed by atoms with E-state index in [1.807, 2.05) is 45.0 Å². The molecule has 0 aliphatic heterocycles. The average molecular weight is 738 g/mol. The molecule has 4 aromatic carbocycles. The van der Waals surface area contributed by atoms with Gasteiger partial charge in [-0.05, 0) is 107 Å². The number of aliphatic hydroxyl groups is 1. The van der Waals surface area contributed by atoms with Crippen LogP contribution < -0.4 is 14.8 Å². The summed E-state index contributed by atoms with van der Waals surface area (Å²) >= 11 is 0. The predicted octanol–water partition coefficient (Wildman–Crippen LogP) is 8.99. The normalized spacial score (nSPS) is 11.3. The Morgan fingerprint density at radius 1 is 0.906 bits per heavy atom. The number of aliphatic hydroxyl groups excluding tert-OH is 1. The molecule has 0 aliphatic carbocycles. The zero-order valence-electron chi connectivity index (χ0n) is 32.1. The van der Waals surface area contributed by atoms with Crippen molar-refractivity contribution in [3.8, 4) is 17.2 Å². The monoisotopic (exact) mass is 737 g/mol. The number of benzene rings is 4. The summed E-state index contributed by atoms with van der Waals surface area (Å²) in [7, 11) is 4.14. The molecular formula is C42H54F3N3O5. The Labute approximate surface area is 312 Å². The fraction of sp³-hybridized carbons (Fsp3) is 0.381. The average Bonchev–Trinajstić information content (AvgIpc) is 3.11. The molecule has 2 amide bonds. The first-order valence-corrected chi connectivity index (χ1v) is 17.7. The lowest BCUT2D eigenvalue weighted by atomic mass is 10.1. The summed E-state index contributed by atoms with van der Waals surface area (Å²) < 4.78 is 49.8. The zero-order valence-corrected chi connectivity index (χ0v) is 32.1. The fourth-order valence-corrected chi connectivity index (χ4v) is 5.11. The van der Waals surface area contributed by atoms with Crippen molar-refractivity contribution in [1.82, 2.24) is 9.80 Å². The number of halogens is 3. The Balaban J connectivity index is 0.000000392. The van der Waals surface area contributed by atoms with Crippen LogP contribution in [0.1, 0.15) is 60.6 Å². The second kappa shape index (κ2) is 22.3. The van der Waals surface area contributed by atoms with E-state index in [9.17, 15) is 22.8 Å². The first-order valence-electron chi connectivity index (χ1n) is 17.7. The van der Waals surface area contributed by atoms with Crippen LogP contribution in [0.5, 0.6) is 17.2 Å². The molecule has 8 nitrogen and oxygen atoms in total. The predicted molar refractivity (Wildman–Crippen MR) is 206 cm³/mol. The van der Waals surface area contributed by atoms with E-state index in [1.54, 1.807) is 19.1 Å². The van der Waals surface area contributed by atoms with E-state index in [0.29, 0.717) is 36.4 Å². The summed E-state index contributed by atoms with van der Waals surface area (Å²) in [6.45, 7) is 13.2. The van der Waals surface area contributed by atoms with Gasteiger partial charge in [0.1, 0.15) is 17.2 Å². The summed E-state index contributed by atoms with van der Waals surface area (Å²) in [5.41, 5.74) is 4.66. The Morgan fingerprint density at radius 3 is 2.11 bits per heavy atom. The summed E-state index contributed by atoms with van der Waals surface area (Å²) in [5, 5.41) is 11.9. The van der Waals surface area contributed by atoms with Gasteiger partial charge in [-0.1, -0.05) is 67.9 Å². The molecule has 0 saturated carbocycles. The minimum atomic E-state index is -4.42. The van der Waals surface area contributed by atoms with Gasteiger partial charge in [0.2, 0.25) is 12.3 Å². The van der Waals surface area contributed by atoms with Crippen LogP contribution >= 0.6 is 0 Å². The van der Waals surface area contributed by atoms with E-state index >= 15 is 0 Å². The Kier molecular flexibility index (Phi) is 18.6. The van der Waals surface area contributed by atoms with E-state index in [0.717, 1.165) is 41.3 Å². The molecule has 0 unspecified atom stereocenters. The number of aryl methyl sites for hydroxylation is 3. The van der Waals surface area contributed by atoms with Crippen LogP contribution in [0.4, 0.5) is 18.9 Å². The smallest absolute Gasteiger partial charge is 0.416 e. The van der Waals surface area contributed by atoms with Crippen LogP contribution in [0.25, 0.3) is 0 Å². The molecular weight excluding hydrogens is 683 g/mol. The fourth-order valence-electron chi connectivity index (χ4n) is 5.11. The molecule has 0 heterocycles. The number of nitrogens with one attached hydrogen (secondary N) is 1. The molecule has 0 bridgehead atoms. The number of nitrogens with zero attached hydrogens (tertiary/aromatic N) is 2. The molecule has 1 atom stereocenters. The maximum absolute atomic E-state index is 12.7. The van der Waals surface area contributed by atoms with Gasteiger partial charge in [-0.2, -0.15) is 13.2 Å². The third kappa shape index (κ3) is 15.3. The van der Waals surface area contributed by atoms with Crippen LogP contribution in [-0.4, -0.2) is 67.1 Å². The topological polar surface area (TPSA) is 91.3 Å². The maximum atomic E-state index is 12.7. The number of alkyl halides is 3. The Morgan fingerprint density at radius 2 is 1.55 bits per heavy atom. The lowest BCUT2D eigenvalue weighted by molar-refractivity contribution is -0.137. The standard InChI is InChI=1S/C23H27F3N2O4.C17H21NO.C2H6/c1-16-5-3-6-20(22(16)32-12-4-11-28(15-30)17(2)14-29)27-21(31)13-18-7-9-19(10-8-18)23(24,25)26;1-13-5-10-17(14(2)11-13)19-16-8-6-15(7-9-16)12-18(3)4;1-2/h3,5-10,15,17,29H,4,11-14H2,1-2H3,(H,27,31);5-11H,12H2,1-4H3;1-2H3/t17-;;/m0../s1. The van der Waals surface area contributed by atoms with Crippen molar-refractivity contribution >= 4 is 18.0 Å². The molecule has 4 rings (SSSR count). The van der Waals surface area contributed by atoms with Crippen molar-refractivity contribution in [3.63, 3.8) is 0 Å². The van der Waals surface area contributed by atoms with Gasteiger partial charge < -0.3 is 29.7 Å². The van der Waals surface area contributed by atoms with E-state index in [2.05, 4.69) is 62.4 Å². The Hall–Kier alpha value is -4.87. The molecule has 53 heavy (non-hydrogen) atoms. The maximum Gasteiger partial charge on any atom is 0.416 e. The first-order chi connectivity index (χ1) is 25.2. The molecule has 4 aromatic rings. The lowest BCUT2D eigenvalue weighted by Crippen LogP contribution is -2.35. The van der Waals surface area contributed by atoms with E-state index in [4.69, 9.17) is 14.6 Å². The molecule has 288 valence electrons. The number of carbonyl (C=O) groups is 2. The van der Waals surface area contributed by atoms with Gasteiger partial charge in [-0.15, -0.1) is 0 Å². The van der Waals surface area contributed by atoms with Gasteiger partial charge >= 0.3 is 6.18 Å². The van der Waals surface area contributed by atoms with Gasteiger partial charge in [0, 0.05) is 13.1 Å². The van der Waals surface area contributed by atoms with Crippen molar-refractivity contribution in [2.45, 2.75) is 73.1 Å². The van der Waals surface area contributed by atoms with Gasteiger partial charge in [-0.3, -0.25) is 9.59 Å². The van der Waals surface area contributed by atoms with Crippen molar-refractivity contribution < 1.29 is 37.3 Å². The highest BCUT2D eigenvalue weighted by Crippen LogP contribution is 2.31. The van der Waals surface area contributed by atoms with Gasteiger partial charge in [-0.25, -0.2) is 0 Å². The number of anilines is 1. The van der Waals surface area contributed by atoms with Crippen LogP contribution in [0, 0.1) is 20.8 Å². The highest BCUT2D eigenvalue weighted by Gasteiger charge is 2.30. The molecule has 2 N–H and O–H groups in total. The lowest BCUT2D eigenvalue weighted by Gasteiger charge is -2.23. The summed E-state index contributed by atoms with van der Waals surface area (Å²) in [6.07, 6.45) is -3.30. The molecule has 0 spiro atoms. The number of rotatable bonds is 15. The first kappa shape index (κ1) is 44.3. The summed E-state index contributed by atoms with van der Waals surface area (Å²) in [4.78, 5) is 27.2. The van der Waals surface area contributed by atoms with Crippen LogP contribution in [0.15, 0.2) is 84.9 Å². The number of carbonyl (C=O) groups excluding carboxylic acids is 2. The van der Waals surface area contributed by atoms with Crippen molar-refractivity contribution in [3.05, 3.63) is 118 Å². The van der Waals surface area contributed by atoms with Crippen molar-refractivity contribution in [2.24, 2.45) is 0 Å². The van der Waals surface area contributed by atoms with Crippen LogP contribution in [0.2, 0.25) is 0 Å². The van der Waals surface area contributed by atoms with Gasteiger partial charge in [0.05, 0.1) is 36.9 Å². The van der Waals surface area contributed by atoms with E-state index < -0.39 is 11.7 Å². The molecule has 11 heteroatoms. The largest absolute Gasteiger partial charge is 0.491 e. The van der Waals surface area contributed by atoms with E-state index in [1.165, 1.54) is 28.2 Å². The zero-order chi connectivity index (χ0) is 39.6. The minimum absolute atomic E-state index is 0.0845. The third-order valence-electron chi connectivity index (χ3n) is 7.89. The summed E-state index contributed by atoms with van der Waals surface area (Å²) in [5.74, 6) is 1.91. The number of amides is 2. The third-order valence-corrected chi connectivity index (χ3v) is 7.89. The Bertz CT molecular complexity index is 1690. The number of para-hydroxylation sites is 1. The minimum Gasteiger partial charge on any atom is -0.491 e. The highest BCUT2D eigenvalue weighted by molar-refractivity contribution is 5.94. The van der Waals surface area contributed by atoms with Crippen LogP contribution in [-0.2, 0) is 28.7 Å². The van der Waals surface area contributed by atoms with Crippen molar-refractivity contribution in [2.75, 3.05) is 39.2 Å². The highest BCUT2D eigenvalue weighted by atomic mass is 19.4.